The molecule has 0 aliphatic heterocycles. The number of anilines is 1. The van der Waals surface area contributed by atoms with Crippen molar-refractivity contribution in [1.29, 1.82) is 0 Å². The van der Waals surface area contributed by atoms with Gasteiger partial charge in [0, 0.05) is 6.08 Å². The Morgan fingerprint density at radius 3 is 2.09 bits per heavy atom. The summed E-state index contributed by atoms with van der Waals surface area (Å²) < 4.78 is 37.2. The molecule has 0 aromatic heterocycles. The lowest BCUT2D eigenvalue weighted by Crippen LogP contribution is -2.30. The average Bonchev–Trinajstić information content (AvgIpc) is 2.54. The summed E-state index contributed by atoms with van der Waals surface area (Å²) in [5.41, 5.74) is 1.27. The molecule has 3 nitrogen and oxygen atoms in total. The van der Waals surface area contributed by atoms with Gasteiger partial charge in [-0.05, 0) is 23.8 Å². The van der Waals surface area contributed by atoms with Gasteiger partial charge in [-0.2, -0.15) is 23.3 Å². The van der Waals surface area contributed by atoms with Crippen LogP contribution in [0.15, 0.2) is 71.8 Å². The van der Waals surface area contributed by atoms with Crippen molar-refractivity contribution in [2.75, 3.05) is 5.01 Å². The monoisotopic (exact) mass is 321 g/mol. The van der Waals surface area contributed by atoms with Crippen LogP contribution in [0.1, 0.15) is 5.56 Å². The van der Waals surface area contributed by atoms with Crippen molar-refractivity contribution in [2.45, 2.75) is 12.4 Å². The maximum atomic E-state index is 12.4. The van der Waals surface area contributed by atoms with Crippen LogP contribution in [0.4, 0.5) is 18.9 Å². The van der Waals surface area contributed by atoms with E-state index < -0.39 is 12.4 Å². The molecular formula is C17H16F3N2O+. The number of para-hydroxylation sites is 1. The number of nitrogens with zero attached hydrogens (tertiary/aromatic N) is 2. The Balaban J connectivity index is 2.22. The van der Waals surface area contributed by atoms with Crippen LogP contribution in [0.25, 0.3) is 6.08 Å². The smallest absolute Gasteiger partial charge is 0.422 e. The first kappa shape index (κ1) is 16.8. The summed E-state index contributed by atoms with van der Waals surface area (Å²) >= 11 is 0. The fraction of sp³-hybridized carbons (Fsp3) is 0.118. The lowest BCUT2D eigenvalue weighted by atomic mass is 10.2. The van der Waals surface area contributed by atoms with Gasteiger partial charge in [-0.3, -0.25) is 0 Å². The Kier molecular flexibility index (Phi) is 5.54. The zero-order chi connectivity index (χ0) is 16.7. The molecule has 2 aromatic rings. The van der Waals surface area contributed by atoms with E-state index in [1.54, 1.807) is 36.4 Å². The lowest BCUT2D eigenvalue weighted by Gasteiger charge is -2.19. The maximum Gasteiger partial charge on any atom is 0.428 e. The predicted molar refractivity (Wildman–Crippen MR) is 86.3 cm³/mol. The fourth-order valence-corrected chi connectivity index (χ4v) is 1.86. The van der Waals surface area contributed by atoms with Gasteiger partial charge in [-0.15, -0.1) is 0 Å². The van der Waals surface area contributed by atoms with Gasteiger partial charge >= 0.3 is 6.18 Å². The molecule has 6 heteroatoms. The van der Waals surface area contributed by atoms with Crippen LogP contribution in [-0.4, -0.2) is 23.7 Å². The third kappa shape index (κ3) is 5.60. The van der Waals surface area contributed by atoms with Crippen molar-refractivity contribution < 1.29 is 18.3 Å². The molecule has 0 bridgehead atoms. The van der Waals surface area contributed by atoms with Gasteiger partial charge in [0.05, 0.1) is 5.69 Å². The zero-order valence-corrected chi connectivity index (χ0v) is 12.1. The highest BCUT2D eigenvalue weighted by Gasteiger charge is 2.26. The molecule has 0 aliphatic rings. The molecule has 0 saturated heterocycles. The maximum absolute atomic E-state index is 12.4. The average molecular weight is 321 g/mol. The lowest BCUT2D eigenvalue weighted by molar-refractivity contribution is -0.0538. The Morgan fingerprint density at radius 1 is 0.957 bits per heavy atom. The minimum Gasteiger partial charge on any atom is -0.422 e. The molecule has 2 rings (SSSR count). The Morgan fingerprint density at radius 2 is 1.52 bits per heavy atom. The predicted octanol–water partition coefficient (Wildman–Crippen LogP) is 3.81. The van der Waals surface area contributed by atoms with E-state index in [0.717, 1.165) is 10.6 Å². The molecule has 0 amide bonds. The zero-order valence-electron chi connectivity index (χ0n) is 12.1. The molecule has 0 radical (unpaired) electrons. The van der Waals surface area contributed by atoms with Crippen LogP contribution >= 0.6 is 0 Å². The van der Waals surface area contributed by atoms with E-state index in [1.807, 2.05) is 30.3 Å². The van der Waals surface area contributed by atoms with E-state index in [4.69, 9.17) is 5.11 Å². The highest BCUT2D eigenvalue weighted by atomic mass is 19.4. The first-order chi connectivity index (χ1) is 11.0. The summed E-state index contributed by atoms with van der Waals surface area (Å²) in [5.74, 6) is 0. The minimum absolute atomic E-state index is 0.113. The molecule has 2 aromatic carbocycles. The van der Waals surface area contributed by atoms with Crippen molar-refractivity contribution in [3.05, 3.63) is 72.3 Å². The topological polar surface area (TPSA) is 38.5 Å². The first-order valence-electron chi connectivity index (χ1n) is 6.86. The third-order valence-corrected chi connectivity index (χ3v) is 2.88. The minimum atomic E-state index is -4.53. The van der Waals surface area contributed by atoms with Gasteiger partial charge in [0.1, 0.15) is 6.21 Å². The van der Waals surface area contributed by atoms with Gasteiger partial charge in [0.25, 0.3) is 6.23 Å². The molecule has 0 fully saturated rings. The summed E-state index contributed by atoms with van der Waals surface area (Å²) in [4.78, 5) is 0. The highest BCUT2D eigenvalue weighted by molar-refractivity contribution is 5.66. The molecule has 0 heterocycles. The summed E-state index contributed by atoms with van der Waals surface area (Å²) in [6, 6.07) is 17.5. The van der Waals surface area contributed by atoms with Crippen LogP contribution < -0.4 is 5.01 Å². The van der Waals surface area contributed by atoms with Crippen molar-refractivity contribution in [3.63, 3.8) is 0 Å². The van der Waals surface area contributed by atoms with E-state index in [1.165, 1.54) is 6.08 Å². The number of benzene rings is 2. The van der Waals surface area contributed by atoms with Crippen molar-refractivity contribution in [1.82, 2.24) is 0 Å². The quantitative estimate of drug-likeness (QED) is 0.357. The number of hydrazone groups is 1. The van der Waals surface area contributed by atoms with E-state index in [0.29, 0.717) is 5.69 Å². The molecule has 1 atom stereocenters. The van der Waals surface area contributed by atoms with Crippen LogP contribution in [0, 0.1) is 0 Å². The summed E-state index contributed by atoms with van der Waals surface area (Å²) in [5, 5.41) is 12.5. The highest BCUT2D eigenvalue weighted by Crippen LogP contribution is 2.19. The summed E-state index contributed by atoms with van der Waals surface area (Å²) in [7, 11) is 0. The number of rotatable bonds is 5. The van der Waals surface area contributed by atoms with Gasteiger partial charge in [0.15, 0.2) is 0 Å². The Labute approximate surface area is 132 Å². The number of halogens is 3. The molecular weight excluding hydrogens is 305 g/mol. The second kappa shape index (κ2) is 7.60. The fourth-order valence-electron chi connectivity index (χ4n) is 1.86. The van der Waals surface area contributed by atoms with Crippen LogP contribution in [0.3, 0.4) is 0 Å². The summed E-state index contributed by atoms with van der Waals surface area (Å²) in [6.45, 7) is 0. The molecule has 1 unspecified atom stereocenters. The number of alkyl halides is 3. The van der Waals surface area contributed by atoms with E-state index >= 15 is 0 Å². The largest absolute Gasteiger partial charge is 0.428 e. The second-order valence-electron chi connectivity index (χ2n) is 4.68. The van der Waals surface area contributed by atoms with Crippen molar-refractivity contribution in [2.24, 2.45) is 5.10 Å². The van der Waals surface area contributed by atoms with Crippen LogP contribution in [0.5, 0.6) is 0 Å². The Hall–Kier alpha value is -2.60. The first-order valence-corrected chi connectivity index (χ1v) is 6.86. The van der Waals surface area contributed by atoms with Gasteiger partial charge < -0.3 is 5.11 Å². The number of hydrogen-bond donors (Lipinski definition) is 0. The third-order valence-electron chi connectivity index (χ3n) is 2.88. The molecule has 2 N–H and O–H groups in total. The summed E-state index contributed by atoms with van der Waals surface area (Å²) in [6.07, 6.45) is -2.57. The van der Waals surface area contributed by atoms with Gasteiger partial charge in [-0.1, -0.05) is 48.5 Å². The van der Waals surface area contributed by atoms with Gasteiger partial charge in [-0.25, -0.2) is 0 Å². The second-order valence-corrected chi connectivity index (χ2v) is 4.68. The van der Waals surface area contributed by atoms with Crippen molar-refractivity contribution in [3.8, 4) is 0 Å². The molecule has 120 valence electrons. The van der Waals surface area contributed by atoms with Crippen molar-refractivity contribution >= 4 is 18.0 Å². The van der Waals surface area contributed by atoms with Crippen LogP contribution in [-0.2, 0) is 0 Å². The van der Waals surface area contributed by atoms with E-state index in [-0.39, 0.29) is 6.21 Å². The molecule has 0 aliphatic carbocycles. The molecule has 23 heavy (non-hydrogen) atoms. The molecule has 0 saturated carbocycles. The SMILES string of the molecule is [OH2+]C(/C=C/c1ccccc1)N(/N=C/C(F)(F)F)c1ccccc1. The van der Waals surface area contributed by atoms with E-state index in [2.05, 4.69) is 5.10 Å². The number of hydrogen-bond acceptors (Lipinski definition) is 2. The van der Waals surface area contributed by atoms with Gasteiger partial charge in [0.2, 0.25) is 0 Å². The Bertz CT molecular complexity index is 655. The normalized spacial score (nSPS) is 13.6. The van der Waals surface area contributed by atoms with Crippen LogP contribution in [0.2, 0.25) is 0 Å². The standard InChI is InChI=1S/C17H15F3N2O/c18-17(19,20)13-21-22(15-9-5-2-6-10-15)16(23)12-11-14-7-3-1-4-8-14/h1-13,16,23H/p+1/b12-11+,21-13+. The molecule has 0 spiro atoms. The van der Waals surface area contributed by atoms with E-state index in [9.17, 15) is 13.2 Å².